The van der Waals surface area contributed by atoms with E-state index in [0.717, 1.165) is 11.1 Å². The number of nitrogens with one attached hydrogen (secondary N) is 1. The van der Waals surface area contributed by atoms with Crippen LogP contribution >= 0.6 is 0 Å². The SMILES string of the molecule is C=C1Nc2nc(CCCO)nn2[C@H](c2ccc(OC)c(OCc3ccccc3)c2)[C@@H]1C(N)=O. The monoisotopic (exact) mass is 449 g/mol. The van der Waals surface area contributed by atoms with Crippen molar-refractivity contribution in [1.82, 2.24) is 14.8 Å². The van der Waals surface area contributed by atoms with Crippen LogP contribution in [0.5, 0.6) is 11.5 Å². The summed E-state index contributed by atoms with van der Waals surface area (Å²) in [5, 5.41) is 16.8. The number of anilines is 1. The molecule has 172 valence electrons. The van der Waals surface area contributed by atoms with E-state index in [1.165, 1.54) is 0 Å². The third-order valence-electron chi connectivity index (χ3n) is 5.53. The van der Waals surface area contributed by atoms with Gasteiger partial charge in [-0.05, 0) is 29.7 Å². The van der Waals surface area contributed by atoms with E-state index < -0.39 is 17.9 Å². The van der Waals surface area contributed by atoms with E-state index in [9.17, 15) is 4.79 Å². The molecule has 3 aromatic rings. The van der Waals surface area contributed by atoms with Crippen LogP contribution in [0.4, 0.5) is 5.95 Å². The maximum atomic E-state index is 12.4. The lowest BCUT2D eigenvalue weighted by Gasteiger charge is -2.33. The number of aliphatic hydroxyl groups excluding tert-OH is 1. The molecular weight excluding hydrogens is 422 g/mol. The number of methoxy groups -OCH3 is 1. The van der Waals surface area contributed by atoms with Gasteiger partial charge in [-0.15, -0.1) is 0 Å². The second-order valence-corrected chi connectivity index (χ2v) is 7.78. The summed E-state index contributed by atoms with van der Waals surface area (Å²) in [4.78, 5) is 16.9. The van der Waals surface area contributed by atoms with Crippen molar-refractivity contribution in [2.75, 3.05) is 19.0 Å². The van der Waals surface area contributed by atoms with Gasteiger partial charge >= 0.3 is 0 Å². The molecule has 1 aliphatic rings. The van der Waals surface area contributed by atoms with Crippen molar-refractivity contribution in [2.45, 2.75) is 25.5 Å². The number of hydrogen-bond donors (Lipinski definition) is 3. The van der Waals surface area contributed by atoms with E-state index in [4.69, 9.17) is 20.3 Å². The molecule has 0 fully saturated rings. The molecule has 0 saturated carbocycles. The summed E-state index contributed by atoms with van der Waals surface area (Å²) in [6.07, 6.45) is 1.04. The summed E-state index contributed by atoms with van der Waals surface area (Å²) in [5.74, 6) is 0.855. The molecule has 1 aliphatic heterocycles. The number of rotatable bonds is 9. The Hall–Kier alpha value is -3.85. The molecule has 0 saturated heterocycles. The Balaban J connectivity index is 1.72. The Bertz CT molecular complexity index is 1150. The zero-order chi connectivity index (χ0) is 23.4. The van der Waals surface area contributed by atoms with Gasteiger partial charge in [-0.3, -0.25) is 4.79 Å². The number of benzene rings is 2. The standard InChI is InChI=1S/C24H27N5O4/c1-15-21(23(25)31)22(29-24(26-15)27-20(28-29)9-6-12-30)17-10-11-18(32-2)19(13-17)33-14-16-7-4-3-5-8-16/h3-5,7-8,10-11,13,21-22,30H,1,6,9,12,14H2,2H3,(H2,25,31)(H,26,27,28)/t21-,22-/m1/s1. The third-order valence-corrected chi connectivity index (χ3v) is 5.53. The Morgan fingerprint density at radius 1 is 1.24 bits per heavy atom. The molecule has 0 bridgehead atoms. The van der Waals surface area contributed by atoms with Crippen LogP contribution in [0.15, 0.2) is 60.8 Å². The Morgan fingerprint density at radius 3 is 2.73 bits per heavy atom. The highest BCUT2D eigenvalue weighted by molar-refractivity contribution is 5.82. The minimum Gasteiger partial charge on any atom is -0.493 e. The number of carbonyl (C=O) groups excluding carboxylic acids is 1. The average molecular weight is 450 g/mol. The van der Waals surface area contributed by atoms with Crippen LogP contribution < -0.4 is 20.5 Å². The maximum absolute atomic E-state index is 12.4. The molecule has 0 spiro atoms. The molecule has 2 aromatic carbocycles. The molecule has 0 radical (unpaired) electrons. The highest BCUT2D eigenvalue weighted by Gasteiger charge is 2.39. The molecule has 9 nitrogen and oxygen atoms in total. The molecule has 0 aliphatic carbocycles. The first-order valence-electron chi connectivity index (χ1n) is 10.7. The van der Waals surface area contributed by atoms with Crippen LogP contribution in [0, 0.1) is 5.92 Å². The quantitative estimate of drug-likeness (QED) is 0.458. The number of aromatic nitrogens is 3. The lowest BCUT2D eigenvalue weighted by molar-refractivity contribution is -0.121. The summed E-state index contributed by atoms with van der Waals surface area (Å²) in [7, 11) is 1.58. The normalized spacial score (nSPS) is 17.2. The maximum Gasteiger partial charge on any atom is 0.229 e. The number of ether oxygens (including phenoxy) is 2. The fraction of sp³-hybridized carbons (Fsp3) is 0.292. The average Bonchev–Trinajstić information content (AvgIpc) is 3.23. The van der Waals surface area contributed by atoms with Gasteiger partial charge in [0.2, 0.25) is 11.9 Å². The summed E-state index contributed by atoms with van der Waals surface area (Å²) >= 11 is 0. The summed E-state index contributed by atoms with van der Waals surface area (Å²) < 4.78 is 13.2. The van der Waals surface area contributed by atoms with Crippen molar-refractivity contribution >= 4 is 11.9 Å². The number of nitrogens with two attached hydrogens (primary N) is 1. The Morgan fingerprint density at radius 2 is 2.03 bits per heavy atom. The summed E-state index contributed by atoms with van der Waals surface area (Å²) in [6.45, 7) is 4.41. The van der Waals surface area contributed by atoms with Crippen LogP contribution in [0.3, 0.4) is 0 Å². The molecule has 1 aromatic heterocycles. The number of nitrogens with zero attached hydrogens (tertiary/aromatic N) is 3. The molecule has 2 atom stereocenters. The van der Waals surface area contributed by atoms with Crippen molar-refractivity contribution in [3.63, 3.8) is 0 Å². The highest BCUT2D eigenvalue weighted by atomic mass is 16.5. The van der Waals surface area contributed by atoms with Crippen LogP contribution in [0.25, 0.3) is 0 Å². The lowest BCUT2D eigenvalue weighted by atomic mass is 9.88. The number of hydrogen-bond acceptors (Lipinski definition) is 7. The van der Waals surface area contributed by atoms with Crippen molar-refractivity contribution < 1.29 is 19.4 Å². The first-order valence-corrected chi connectivity index (χ1v) is 10.7. The fourth-order valence-corrected chi connectivity index (χ4v) is 3.93. The molecule has 4 rings (SSSR count). The summed E-state index contributed by atoms with van der Waals surface area (Å²) in [6, 6.07) is 14.7. The molecule has 9 heteroatoms. The highest BCUT2D eigenvalue weighted by Crippen LogP contribution is 2.40. The Kier molecular flexibility index (Phi) is 6.60. The molecule has 0 unspecified atom stereocenters. The smallest absolute Gasteiger partial charge is 0.229 e. The first kappa shape index (κ1) is 22.3. The zero-order valence-corrected chi connectivity index (χ0v) is 18.4. The van der Waals surface area contributed by atoms with E-state index in [2.05, 4.69) is 22.0 Å². The number of aliphatic hydroxyl groups is 1. The fourth-order valence-electron chi connectivity index (χ4n) is 3.93. The molecular formula is C24H27N5O4. The van der Waals surface area contributed by atoms with E-state index in [1.807, 2.05) is 42.5 Å². The van der Waals surface area contributed by atoms with Gasteiger partial charge in [0.25, 0.3) is 0 Å². The van der Waals surface area contributed by atoms with Gasteiger partial charge in [-0.1, -0.05) is 43.0 Å². The number of aryl methyl sites for hydroxylation is 1. The van der Waals surface area contributed by atoms with Crippen molar-refractivity contribution in [3.8, 4) is 11.5 Å². The van der Waals surface area contributed by atoms with Gasteiger partial charge < -0.3 is 25.6 Å². The predicted octanol–water partition coefficient (Wildman–Crippen LogP) is 2.42. The number of fused-ring (bicyclic) bond motifs is 1. The van der Waals surface area contributed by atoms with Gasteiger partial charge in [0.05, 0.1) is 13.2 Å². The molecule has 2 heterocycles. The number of amides is 1. The second kappa shape index (κ2) is 9.74. The van der Waals surface area contributed by atoms with Gasteiger partial charge in [-0.25, -0.2) is 4.68 Å². The first-order chi connectivity index (χ1) is 16.0. The van der Waals surface area contributed by atoms with Crippen molar-refractivity contribution in [2.24, 2.45) is 11.7 Å². The topological polar surface area (TPSA) is 125 Å². The van der Waals surface area contributed by atoms with Crippen LogP contribution in [0.2, 0.25) is 0 Å². The zero-order valence-electron chi connectivity index (χ0n) is 18.4. The largest absolute Gasteiger partial charge is 0.493 e. The number of primary amides is 1. The van der Waals surface area contributed by atoms with Crippen LogP contribution in [-0.4, -0.2) is 39.5 Å². The van der Waals surface area contributed by atoms with E-state index in [-0.39, 0.29) is 6.61 Å². The van der Waals surface area contributed by atoms with Gasteiger partial charge in [0.15, 0.2) is 17.3 Å². The lowest BCUT2D eigenvalue weighted by Crippen LogP contribution is -2.40. The van der Waals surface area contributed by atoms with E-state index in [0.29, 0.717) is 48.4 Å². The van der Waals surface area contributed by atoms with Crippen molar-refractivity contribution in [1.29, 1.82) is 0 Å². The second-order valence-electron chi connectivity index (χ2n) is 7.78. The Labute approximate surface area is 191 Å². The minimum absolute atomic E-state index is 0.0396. The van der Waals surface area contributed by atoms with Gasteiger partial charge in [-0.2, -0.15) is 10.1 Å². The predicted molar refractivity (Wildman–Crippen MR) is 123 cm³/mol. The van der Waals surface area contributed by atoms with Crippen LogP contribution in [-0.2, 0) is 17.8 Å². The number of carbonyl (C=O) groups is 1. The molecule has 1 amide bonds. The van der Waals surface area contributed by atoms with Crippen molar-refractivity contribution in [3.05, 3.63) is 77.8 Å². The molecule has 4 N–H and O–H groups in total. The van der Waals surface area contributed by atoms with Crippen LogP contribution in [0.1, 0.15) is 29.4 Å². The molecule has 33 heavy (non-hydrogen) atoms. The van der Waals surface area contributed by atoms with E-state index >= 15 is 0 Å². The van der Waals surface area contributed by atoms with E-state index in [1.54, 1.807) is 17.9 Å². The summed E-state index contributed by atoms with van der Waals surface area (Å²) in [5.41, 5.74) is 7.99. The van der Waals surface area contributed by atoms with Gasteiger partial charge in [0, 0.05) is 18.7 Å². The third kappa shape index (κ3) is 4.68. The van der Waals surface area contributed by atoms with Gasteiger partial charge in [0.1, 0.15) is 12.5 Å². The minimum atomic E-state index is -0.750.